The fourth-order valence-corrected chi connectivity index (χ4v) is 3.76. The molecule has 0 bridgehead atoms. The molecule has 88 valence electrons. The summed E-state index contributed by atoms with van der Waals surface area (Å²) in [5, 5.41) is 22.9. The van der Waals surface area contributed by atoms with Crippen LogP contribution in [0.5, 0.6) is 0 Å². The molecule has 2 aromatic rings. The van der Waals surface area contributed by atoms with E-state index < -0.39 is 6.10 Å². The van der Waals surface area contributed by atoms with Crippen LogP contribution in [0.1, 0.15) is 22.4 Å². The highest BCUT2D eigenvalue weighted by Gasteiger charge is 2.21. The first-order valence-corrected chi connectivity index (χ1v) is 6.87. The number of nitriles is 1. The maximum absolute atomic E-state index is 10.2. The van der Waals surface area contributed by atoms with Crippen molar-refractivity contribution in [3.05, 3.63) is 30.9 Å². The Bertz CT molecular complexity index is 601. The molecule has 0 saturated heterocycles. The summed E-state index contributed by atoms with van der Waals surface area (Å²) >= 11 is 7.86. The number of nitrogens with zero attached hydrogens (tertiary/aromatic N) is 4. The smallest absolute Gasteiger partial charge is 0.162 e. The summed E-state index contributed by atoms with van der Waals surface area (Å²) in [6.07, 6.45) is -0.854. The van der Waals surface area contributed by atoms with Gasteiger partial charge in [0.05, 0.1) is 10.6 Å². The molecule has 2 aromatic heterocycles. The lowest BCUT2D eigenvalue weighted by Gasteiger charge is -2.08. The molecule has 0 aliphatic carbocycles. The van der Waals surface area contributed by atoms with Crippen LogP contribution in [0.2, 0.25) is 0 Å². The van der Waals surface area contributed by atoms with Gasteiger partial charge in [0, 0.05) is 13.1 Å². The van der Waals surface area contributed by atoms with E-state index in [1.807, 2.05) is 6.07 Å². The van der Waals surface area contributed by atoms with Gasteiger partial charge in [-0.05, 0) is 31.9 Å². The molecular formula is C9H6Br2N4OS. The van der Waals surface area contributed by atoms with Crippen molar-refractivity contribution in [2.24, 2.45) is 7.05 Å². The molecule has 0 saturated carbocycles. The first-order valence-electron chi connectivity index (χ1n) is 4.46. The molecule has 2 heterocycles. The lowest BCUT2D eigenvalue weighted by molar-refractivity contribution is 0.212. The van der Waals surface area contributed by atoms with Crippen LogP contribution in [-0.4, -0.2) is 19.9 Å². The molecule has 2 rings (SSSR count). The largest absolute Gasteiger partial charge is 0.381 e. The van der Waals surface area contributed by atoms with Gasteiger partial charge in [-0.2, -0.15) is 10.4 Å². The molecule has 0 amide bonds. The third kappa shape index (κ3) is 2.42. The minimum absolute atomic E-state index is 0.279. The molecule has 17 heavy (non-hydrogen) atoms. The normalized spacial score (nSPS) is 12.4. The van der Waals surface area contributed by atoms with E-state index in [9.17, 15) is 5.11 Å². The number of rotatable bonds is 2. The predicted molar refractivity (Wildman–Crippen MR) is 69.5 cm³/mol. The van der Waals surface area contributed by atoms with Crippen molar-refractivity contribution in [2.45, 2.75) is 6.10 Å². The molecule has 1 N–H and O–H groups in total. The summed E-state index contributed by atoms with van der Waals surface area (Å²) in [4.78, 5) is 4.78. The first kappa shape index (κ1) is 12.7. The molecule has 0 fully saturated rings. The van der Waals surface area contributed by atoms with Gasteiger partial charge in [0.25, 0.3) is 0 Å². The Morgan fingerprint density at radius 1 is 1.59 bits per heavy atom. The maximum Gasteiger partial charge on any atom is 0.162 e. The molecule has 0 aromatic carbocycles. The summed E-state index contributed by atoms with van der Waals surface area (Å²) in [5.41, 5.74) is 0.833. The molecular weight excluding hydrogens is 372 g/mol. The second-order valence-electron chi connectivity index (χ2n) is 3.21. The van der Waals surface area contributed by atoms with Gasteiger partial charge in [0.1, 0.15) is 16.8 Å². The quantitative estimate of drug-likeness (QED) is 0.871. The summed E-state index contributed by atoms with van der Waals surface area (Å²) in [6, 6.07) is 3.50. The Kier molecular flexibility index (Phi) is 3.63. The van der Waals surface area contributed by atoms with E-state index in [4.69, 9.17) is 5.26 Å². The van der Waals surface area contributed by atoms with Crippen molar-refractivity contribution in [3.8, 4) is 6.07 Å². The van der Waals surface area contributed by atoms with Crippen LogP contribution in [-0.2, 0) is 7.05 Å². The van der Waals surface area contributed by atoms with Gasteiger partial charge < -0.3 is 5.11 Å². The maximum atomic E-state index is 10.2. The predicted octanol–water partition coefficient (Wildman–Crippen LogP) is 2.35. The Balaban J connectivity index is 2.43. The standard InChI is InChI=1S/C9H6Br2N4OS/c1-15-5(2-4(3-12)14-15)6(16)7-8(10)13-9(11)17-7/h2,6,16H,1H3. The molecule has 0 radical (unpaired) electrons. The molecule has 1 unspecified atom stereocenters. The van der Waals surface area contributed by atoms with Crippen molar-refractivity contribution in [1.29, 1.82) is 5.26 Å². The average Bonchev–Trinajstić information content (AvgIpc) is 2.81. The monoisotopic (exact) mass is 376 g/mol. The minimum Gasteiger partial charge on any atom is -0.381 e. The second-order valence-corrected chi connectivity index (χ2v) is 6.27. The summed E-state index contributed by atoms with van der Waals surface area (Å²) in [6.45, 7) is 0. The van der Waals surface area contributed by atoms with Gasteiger partial charge >= 0.3 is 0 Å². The Morgan fingerprint density at radius 2 is 2.29 bits per heavy atom. The van der Waals surface area contributed by atoms with E-state index in [1.54, 1.807) is 13.1 Å². The summed E-state index contributed by atoms with van der Waals surface area (Å²) < 4.78 is 2.76. The first-order chi connectivity index (χ1) is 8.02. The molecule has 5 nitrogen and oxygen atoms in total. The van der Waals surface area contributed by atoms with Gasteiger partial charge in [-0.1, -0.05) is 0 Å². The fraction of sp³-hybridized carbons (Fsp3) is 0.222. The van der Waals surface area contributed by atoms with E-state index in [-0.39, 0.29) is 5.69 Å². The van der Waals surface area contributed by atoms with Crippen LogP contribution in [0.25, 0.3) is 0 Å². The van der Waals surface area contributed by atoms with E-state index in [1.165, 1.54) is 16.0 Å². The Hall–Kier alpha value is -0.750. The van der Waals surface area contributed by atoms with E-state index >= 15 is 0 Å². The van der Waals surface area contributed by atoms with E-state index in [2.05, 4.69) is 41.9 Å². The van der Waals surface area contributed by atoms with Gasteiger partial charge in [0.2, 0.25) is 0 Å². The average molecular weight is 378 g/mol. The lowest BCUT2D eigenvalue weighted by Crippen LogP contribution is -2.05. The van der Waals surface area contributed by atoms with Crippen molar-refractivity contribution in [1.82, 2.24) is 14.8 Å². The van der Waals surface area contributed by atoms with Gasteiger partial charge in [-0.15, -0.1) is 11.3 Å². The number of aromatic nitrogens is 3. The topological polar surface area (TPSA) is 74.7 Å². The number of aliphatic hydroxyl groups excluding tert-OH is 1. The highest BCUT2D eigenvalue weighted by atomic mass is 79.9. The number of thiazole rings is 1. The van der Waals surface area contributed by atoms with Crippen molar-refractivity contribution in [3.63, 3.8) is 0 Å². The Labute approximate surface area is 118 Å². The van der Waals surface area contributed by atoms with Crippen molar-refractivity contribution < 1.29 is 5.11 Å². The van der Waals surface area contributed by atoms with Crippen LogP contribution in [0, 0.1) is 11.3 Å². The highest BCUT2D eigenvalue weighted by molar-refractivity contribution is 9.11. The summed E-state index contributed by atoms with van der Waals surface area (Å²) in [7, 11) is 1.68. The highest BCUT2D eigenvalue weighted by Crippen LogP contribution is 2.35. The lowest BCUT2D eigenvalue weighted by atomic mass is 10.2. The third-order valence-electron chi connectivity index (χ3n) is 2.14. The zero-order valence-corrected chi connectivity index (χ0v) is 12.5. The zero-order valence-electron chi connectivity index (χ0n) is 8.55. The van der Waals surface area contributed by atoms with Crippen molar-refractivity contribution >= 4 is 43.2 Å². The number of aryl methyl sites for hydroxylation is 1. The Morgan fingerprint density at radius 3 is 2.76 bits per heavy atom. The van der Waals surface area contributed by atoms with Crippen LogP contribution < -0.4 is 0 Å². The molecule has 0 spiro atoms. The molecule has 0 aliphatic heterocycles. The second kappa shape index (κ2) is 4.86. The van der Waals surface area contributed by atoms with Crippen LogP contribution in [0.15, 0.2) is 14.6 Å². The van der Waals surface area contributed by atoms with Gasteiger partial charge in [-0.3, -0.25) is 4.68 Å². The fourth-order valence-electron chi connectivity index (χ4n) is 1.38. The zero-order chi connectivity index (χ0) is 12.6. The number of hydrogen-bond donors (Lipinski definition) is 1. The minimum atomic E-state index is -0.854. The number of halogens is 2. The van der Waals surface area contributed by atoms with Crippen molar-refractivity contribution in [2.75, 3.05) is 0 Å². The third-order valence-corrected chi connectivity index (χ3v) is 4.57. The van der Waals surface area contributed by atoms with Gasteiger partial charge in [0.15, 0.2) is 9.61 Å². The molecule has 0 aliphatic rings. The van der Waals surface area contributed by atoms with Crippen LogP contribution >= 0.6 is 43.2 Å². The van der Waals surface area contributed by atoms with E-state index in [0.717, 1.165) is 0 Å². The van der Waals surface area contributed by atoms with Gasteiger partial charge in [-0.25, -0.2) is 4.98 Å². The molecule has 8 heteroatoms. The number of hydrogen-bond acceptors (Lipinski definition) is 5. The number of aliphatic hydroxyl groups is 1. The van der Waals surface area contributed by atoms with E-state index in [0.29, 0.717) is 19.1 Å². The van der Waals surface area contributed by atoms with Crippen LogP contribution in [0.4, 0.5) is 0 Å². The summed E-state index contributed by atoms with van der Waals surface area (Å²) in [5.74, 6) is 0. The molecule has 1 atom stereocenters. The SMILES string of the molecule is Cn1nc(C#N)cc1C(O)c1sc(Br)nc1Br. The van der Waals surface area contributed by atoms with Crippen LogP contribution in [0.3, 0.4) is 0 Å².